The molecule has 1 saturated carbocycles. The molecule has 2 fully saturated rings. The van der Waals surface area contributed by atoms with Crippen molar-refractivity contribution in [2.24, 2.45) is 17.6 Å². The van der Waals surface area contributed by atoms with Crippen molar-refractivity contribution in [3.05, 3.63) is 83.2 Å². The van der Waals surface area contributed by atoms with E-state index in [1.807, 2.05) is 0 Å². The van der Waals surface area contributed by atoms with E-state index in [-0.39, 0.29) is 41.0 Å². The van der Waals surface area contributed by atoms with Gasteiger partial charge in [0.15, 0.2) is 17.5 Å². The molecule has 1 saturated heterocycles. The Morgan fingerprint density at radius 1 is 1.05 bits per heavy atom. The van der Waals surface area contributed by atoms with E-state index in [2.05, 4.69) is 20.1 Å². The number of ether oxygens (including phenoxy) is 1. The van der Waals surface area contributed by atoms with Crippen molar-refractivity contribution in [2.75, 3.05) is 13.1 Å². The molecule has 4 aromatic rings. The van der Waals surface area contributed by atoms with E-state index in [4.69, 9.17) is 10.5 Å². The number of hydrogen-bond donors (Lipinski definition) is 1. The Morgan fingerprint density at radius 2 is 1.70 bits per heavy atom. The van der Waals surface area contributed by atoms with E-state index in [0.717, 1.165) is 12.1 Å². The minimum absolute atomic E-state index is 0.0666. The molecule has 2 aliphatic rings. The zero-order valence-electron chi connectivity index (χ0n) is 22.0. The Bertz CT molecular complexity index is 1590. The van der Waals surface area contributed by atoms with Crippen molar-refractivity contribution in [2.45, 2.75) is 32.4 Å². The first-order valence-corrected chi connectivity index (χ1v) is 12.8. The predicted molar refractivity (Wildman–Crippen MR) is 138 cm³/mol. The van der Waals surface area contributed by atoms with Crippen molar-refractivity contribution in [1.29, 1.82) is 0 Å². The Kier molecular flexibility index (Phi) is 6.10. The largest absolute Gasteiger partial charge is 0.474 e. The molecule has 6 rings (SSSR count). The van der Waals surface area contributed by atoms with Gasteiger partial charge in [-0.25, -0.2) is 32.8 Å². The highest BCUT2D eigenvalue weighted by atomic mass is 19.2. The summed E-state index contributed by atoms with van der Waals surface area (Å²) in [4.78, 5) is 27.8. The molecule has 1 amide bonds. The minimum atomic E-state index is -1.55. The molecular formula is C28H26F3N7O2. The quantitative estimate of drug-likeness (QED) is 0.364. The third-order valence-electron chi connectivity index (χ3n) is 7.37. The van der Waals surface area contributed by atoms with Crippen molar-refractivity contribution < 1.29 is 22.7 Å². The Hall–Kier alpha value is -4.32. The number of carbonyl (C=O) groups excluding carboxylic acids is 1. The van der Waals surface area contributed by atoms with Crippen LogP contribution in [0.4, 0.5) is 13.2 Å². The molecule has 1 aliphatic heterocycles. The number of aryl methyl sites for hydroxylation is 1. The molecule has 1 aromatic carbocycles. The molecule has 3 atom stereocenters. The third kappa shape index (κ3) is 4.68. The first kappa shape index (κ1) is 25.9. The number of fused-ring (bicyclic) bond motifs is 1. The van der Waals surface area contributed by atoms with Gasteiger partial charge in [-0.3, -0.25) is 4.79 Å². The van der Waals surface area contributed by atoms with Crippen LogP contribution in [0.15, 0.2) is 48.9 Å². The summed E-state index contributed by atoms with van der Waals surface area (Å²) in [5, 5.41) is 4.38. The van der Waals surface area contributed by atoms with Gasteiger partial charge in [0.05, 0.1) is 17.0 Å². The van der Waals surface area contributed by atoms with Gasteiger partial charge in [0.25, 0.3) is 5.91 Å². The molecular weight excluding hydrogens is 523 g/mol. The highest BCUT2D eigenvalue weighted by molar-refractivity contribution is 5.95. The number of aromatic nitrogens is 5. The number of carbonyl (C=O) groups is 1. The summed E-state index contributed by atoms with van der Waals surface area (Å²) in [7, 11) is 0. The second-order valence-corrected chi connectivity index (χ2v) is 10.8. The van der Waals surface area contributed by atoms with E-state index in [1.165, 1.54) is 4.68 Å². The number of pyridine rings is 1. The fraction of sp³-hybridized carbons (Fsp3) is 0.321. The molecule has 0 bridgehead atoms. The molecule has 40 heavy (non-hydrogen) atoms. The van der Waals surface area contributed by atoms with Gasteiger partial charge in [0.1, 0.15) is 6.10 Å². The lowest BCUT2D eigenvalue weighted by Crippen LogP contribution is -2.33. The maximum Gasteiger partial charge on any atom is 0.257 e. The zero-order valence-corrected chi connectivity index (χ0v) is 22.0. The SMILES string of the molecule is Cc1nn(-c2ncccn2)cc1C(=O)N1C[C@@H]2[C@H](C1)[C@@H]2Oc1cc(C(C)(C)N)cc(-c2cc(F)c(F)c(F)c2)n1. The van der Waals surface area contributed by atoms with E-state index >= 15 is 0 Å². The molecule has 2 N–H and O–H groups in total. The number of piperidine rings is 1. The molecule has 0 radical (unpaired) electrons. The van der Waals surface area contributed by atoms with Crippen molar-refractivity contribution in [3.63, 3.8) is 0 Å². The number of benzene rings is 1. The van der Waals surface area contributed by atoms with Crippen LogP contribution < -0.4 is 10.5 Å². The molecule has 1 aliphatic carbocycles. The first-order chi connectivity index (χ1) is 19.0. The normalized spacial score (nSPS) is 20.0. The second kappa shape index (κ2) is 9.40. The topological polar surface area (TPSA) is 112 Å². The predicted octanol–water partition coefficient (Wildman–Crippen LogP) is 3.79. The summed E-state index contributed by atoms with van der Waals surface area (Å²) in [5.41, 5.74) is 7.47. The molecule has 4 heterocycles. The third-order valence-corrected chi connectivity index (χ3v) is 7.37. The lowest BCUT2D eigenvalue weighted by Gasteiger charge is -2.22. The van der Waals surface area contributed by atoms with E-state index in [9.17, 15) is 18.0 Å². The Morgan fingerprint density at radius 3 is 2.33 bits per heavy atom. The summed E-state index contributed by atoms with van der Waals surface area (Å²) in [6.07, 6.45) is 4.67. The summed E-state index contributed by atoms with van der Waals surface area (Å²) in [6, 6.07) is 6.78. The fourth-order valence-electron chi connectivity index (χ4n) is 5.09. The van der Waals surface area contributed by atoms with Crippen molar-refractivity contribution >= 4 is 5.91 Å². The van der Waals surface area contributed by atoms with Gasteiger partial charge < -0.3 is 15.4 Å². The molecule has 0 unspecified atom stereocenters. The summed E-state index contributed by atoms with van der Waals surface area (Å²) < 4.78 is 49.1. The second-order valence-electron chi connectivity index (χ2n) is 10.8. The first-order valence-electron chi connectivity index (χ1n) is 12.8. The summed E-state index contributed by atoms with van der Waals surface area (Å²) in [5.74, 6) is -3.45. The fourth-order valence-corrected chi connectivity index (χ4v) is 5.09. The number of rotatable bonds is 6. The monoisotopic (exact) mass is 549 g/mol. The maximum atomic E-state index is 13.9. The molecule has 12 heteroatoms. The van der Waals surface area contributed by atoms with Crippen LogP contribution in [0.25, 0.3) is 17.2 Å². The molecule has 9 nitrogen and oxygen atoms in total. The molecule has 0 spiro atoms. The van der Waals surface area contributed by atoms with Gasteiger partial charge >= 0.3 is 0 Å². The summed E-state index contributed by atoms with van der Waals surface area (Å²) >= 11 is 0. The van der Waals surface area contributed by atoms with Crippen LogP contribution in [0.2, 0.25) is 0 Å². The van der Waals surface area contributed by atoms with Gasteiger partial charge in [-0.15, -0.1) is 0 Å². The van der Waals surface area contributed by atoms with Crippen molar-refractivity contribution in [3.8, 4) is 23.1 Å². The number of nitrogens with zero attached hydrogens (tertiary/aromatic N) is 6. The van der Waals surface area contributed by atoms with E-state index < -0.39 is 23.0 Å². The van der Waals surface area contributed by atoms with Gasteiger partial charge in [-0.05, 0) is 50.6 Å². The van der Waals surface area contributed by atoms with Gasteiger partial charge in [-0.1, -0.05) is 0 Å². The number of amides is 1. The lowest BCUT2D eigenvalue weighted by molar-refractivity contribution is 0.0751. The van der Waals surface area contributed by atoms with E-state index in [0.29, 0.717) is 35.9 Å². The number of nitrogens with two attached hydrogens (primary N) is 1. The maximum absolute atomic E-state index is 13.9. The van der Waals surface area contributed by atoms with Crippen LogP contribution >= 0.6 is 0 Å². The summed E-state index contributed by atoms with van der Waals surface area (Å²) in [6.45, 7) is 6.34. The van der Waals surface area contributed by atoms with Crippen LogP contribution in [0.3, 0.4) is 0 Å². The van der Waals surface area contributed by atoms with Crippen LogP contribution in [0.5, 0.6) is 5.88 Å². The standard InChI is InChI=1S/C28H26F3N7O2/c1-14-17(13-38(36-14)27-33-5-4-6-34-27)26(39)37-11-18-19(12-37)25(18)40-23-10-16(28(2,3)32)9-22(35-23)15-7-20(29)24(31)21(30)8-15/h4-10,13,18-19,25H,11-12,32H2,1-3H3/t18-,19+,25-. The minimum Gasteiger partial charge on any atom is -0.474 e. The lowest BCUT2D eigenvalue weighted by atomic mass is 9.94. The van der Waals surface area contributed by atoms with Crippen LogP contribution in [0.1, 0.15) is 35.5 Å². The van der Waals surface area contributed by atoms with Crippen LogP contribution in [-0.4, -0.2) is 54.7 Å². The van der Waals surface area contributed by atoms with Crippen LogP contribution in [-0.2, 0) is 5.54 Å². The number of hydrogen-bond acceptors (Lipinski definition) is 7. The molecule has 3 aromatic heterocycles. The average molecular weight is 550 g/mol. The Balaban J connectivity index is 1.18. The van der Waals surface area contributed by atoms with Gasteiger partial charge in [0.2, 0.25) is 11.8 Å². The van der Waals surface area contributed by atoms with Gasteiger partial charge in [-0.2, -0.15) is 5.10 Å². The Labute approximate surface area is 227 Å². The van der Waals surface area contributed by atoms with Gasteiger partial charge in [0, 0.05) is 60.7 Å². The van der Waals surface area contributed by atoms with E-state index in [1.54, 1.807) is 62.5 Å². The average Bonchev–Trinajstić information content (AvgIpc) is 3.23. The zero-order chi connectivity index (χ0) is 28.3. The smallest absolute Gasteiger partial charge is 0.257 e. The number of likely N-dealkylation sites (tertiary alicyclic amines) is 1. The van der Waals surface area contributed by atoms with Crippen LogP contribution in [0, 0.1) is 36.2 Å². The van der Waals surface area contributed by atoms with Crippen molar-refractivity contribution in [1.82, 2.24) is 29.6 Å². The highest BCUT2D eigenvalue weighted by Gasteiger charge is 2.59. The highest BCUT2D eigenvalue weighted by Crippen LogP contribution is 2.48. The molecule has 206 valence electrons. The number of halogens is 3.